The number of aliphatic carboxylic acids is 1. The van der Waals surface area contributed by atoms with Crippen LogP contribution in [0.4, 0.5) is 4.79 Å². The molecule has 1 rings (SSSR count). The average molecular weight is 284 g/mol. The normalized spacial score (nSPS) is 24.5. The van der Waals surface area contributed by atoms with Gasteiger partial charge in [0.05, 0.1) is 0 Å². The fraction of sp³-hybridized carbons (Fsp3) is 0.867. The zero-order valence-electron chi connectivity index (χ0n) is 12.7. The minimum Gasteiger partial charge on any atom is -0.481 e. The van der Waals surface area contributed by atoms with Crippen LogP contribution >= 0.6 is 0 Å². The lowest BCUT2D eigenvalue weighted by Crippen LogP contribution is -2.43. The Balaban J connectivity index is 2.26. The first kappa shape index (κ1) is 16.8. The molecule has 5 heteroatoms. The van der Waals surface area contributed by atoms with Gasteiger partial charge in [-0.05, 0) is 31.1 Å². The molecular weight excluding hydrogens is 256 g/mol. The maximum absolute atomic E-state index is 11.8. The van der Waals surface area contributed by atoms with Gasteiger partial charge in [-0.15, -0.1) is 0 Å². The molecule has 3 N–H and O–H groups in total. The van der Waals surface area contributed by atoms with E-state index in [1.165, 1.54) is 19.3 Å². The molecule has 1 fully saturated rings. The van der Waals surface area contributed by atoms with Crippen LogP contribution in [0, 0.1) is 11.8 Å². The number of hydrogen-bond donors (Lipinski definition) is 3. The molecule has 3 unspecified atom stereocenters. The standard InChI is InChI=1S/C15H28N2O3/c1-3-12(9-14(18)19)10-16-15(20)17-13-6-4-5-11(2)7-8-13/h11-13H,3-10H2,1-2H3,(H,18,19)(H2,16,17,20). The molecule has 0 heterocycles. The Morgan fingerprint density at radius 3 is 2.65 bits per heavy atom. The number of amides is 2. The van der Waals surface area contributed by atoms with Gasteiger partial charge in [-0.3, -0.25) is 4.79 Å². The van der Waals surface area contributed by atoms with Crippen LogP contribution < -0.4 is 10.6 Å². The van der Waals surface area contributed by atoms with Crippen LogP contribution in [0.2, 0.25) is 0 Å². The van der Waals surface area contributed by atoms with Crippen molar-refractivity contribution in [2.75, 3.05) is 6.54 Å². The Morgan fingerprint density at radius 2 is 2.00 bits per heavy atom. The third kappa shape index (κ3) is 6.78. The van der Waals surface area contributed by atoms with Crippen molar-refractivity contribution in [3.05, 3.63) is 0 Å². The second-order valence-electron chi connectivity index (χ2n) is 6.04. The van der Waals surface area contributed by atoms with E-state index in [4.69, 9.17) is 5.11 Å². The number of hydrogen-bond acceptors (Lipinski definition) is 2. The number of carboxylic acids is 1. The van der Waals surface area contributed by atoms with Crippen molar-refractivity contribution in [3.8, 4) is 0 Å². The van der Waals surface area contributed by atoms with Crippen LogP contribution in [0.1, 0.15) is 58.8 Å². The number of carboxylic acid groups (broad SMARTS) is 1. The van der Waals surface area contributed by atoms with Gasteiger partial charge in [0.25, 0.3) is 0 Å². The topological polar surface area (TPSA) is 78.4 Å². The zero-order valence-corrected chi connectivity index (χ0v) is 12.7. The largest absolute Gasteiger partial charge is 0.481 e. The summed E-state index contributed by atoms with van der Waals surface area (Å²) >= 11 is 0. The van der Waals surface area contributed by atoms with Crippen LogP contribution in [-0.4, -0.2) is 29.7 Å². The number of urea groups is 1. The van der Waals surface area contributed by atoms with Gasteiger partial charge in [-0.2, -0.15) is 0 Å². The van der Waals surface area contributed by atoms with Gasteiger partial charge < -0.3 is 15.7 Å². The maximum atomic E-state index is 11.8. The fourth-order valence-electron chi connectivity index (χ4n) is 2.71. The first-order valence-corrected chi connectivity index (χ1v) is 7.77. The lowest BCUT2D eigenvalue weighted by atomic mass is 10.0. The van der Waals surface area contributed by atoms with E-state index in [0.29, 0.717) is 6.54 Å². The van der Waals surface area contributed by atoms with Crippen molar-refractivity contribution in [2.24, 2.45) is 11.8 Å². The molecule has 1 aliphatic rings. The Morgan fingerprint density at radius 1 is 1.25 bits per heavy atom. The highest BCUT2D eigenvalue weighted by molar-refractivity contribution is 5.74. The third-order valence-corrected chi connectivity index (χ3v) is 4.18. The second-order valence-corrected chi connectivity index (χ2v) is 6.04. The predicted molar refractivity (Wildman–Crippen MR) is 78.6 cm³/mol. The Hall–Kier alpha value is -1.26. The molecule has 5 nitrogen and oxygen atoms in total. The summed E-state index contributed by atoms with van der Waals surface area (Å²) in [5.41, 5.74) is 0. The first-order chi connectivity index (χ1) is 9.51. The molecule has 1 aliphatic carbocycles. The smallest absolute Gasteiger partial charge is 0.315 e. The highest BCUT2D eigenvalue weighted by Crippen LogP contribution is 2.22. The molecule has 0 saturated heterocycles. The molecular formula is C15H28N2O3. The van der Waals surface area contributed by atoms with E-state index >= 15 is 0 Å². The van der Waals surface area contributed by atoms with E-state index in [2.05, 4.69) is 17.6 Å². The maximum Gasteiger partial charge on any atom is 0.315 e. The van der Waals surface area contributed by atoms with E-state index in [1.54, 1.807) is 0 Å². The van der Waals surface area contributed by atoms with Crippen LogP contribution in [0.5, 0.6) is 0 Å². The number of rotatable bonds is 6. The van der Waals surface area contributed by atoms with Gasteiger partial charge >= 0.3 is 12.0 Å². The molecule has 0 aromatic heterocycles. The summed E-state index contributed by atoms with van der Waals surface area (Å²) in [4.78, 5) is 22.5. The molecule has 20 heavy (non-hydrogen) atoms. The van der Waals surface area contributed by atoms with Gasteiger partial charge in [0, 0.05) is 19.0 Å². The van der Waals surface area contributed by atoms with Crippen molar-refractivity contribution < 1.29 is 14.7 Å². The summed E-state index contributed by atoms with van der Waals surface area (Å²) < 4.78 is 0. The number of carbonyl (C=O) groups excluding carboxylic acids is 1. The molecule has 0 aliphatic heterocycles. The molecule has 116 valence electrons. The Bertz CT molecular complexity index is 320. The summed E-state index contributed by atoms with van der Waals surface area (Å²) in [7, 11) is 0. The molecule has 0 aromatic carbocycles. The van der Waals surface area contributed by atoms with Crippen LogP contribution in [0.3, 0.4) is 0 Å². The summed E-state index contributed by atoms with van der Waals surface area (Å²) in [5.74, 6) is -0.0471. The van der Waals surface area contributed by atoms with Gasteiger partial charge in [0.1, 0.15) is 0 Å². The molecule has 0 bridgehead atoms. The van der Waals surface area contributed by atoms with Gasteiger partial charge in [0.2, 0.25) is 0 Å². The van der Waals surface area contributed by atoms with Crippen molar-refractivity contribution in [1.82, 2.24) is 10.6 Å². The highest BCUT2D eigenvalue weighted by atomic mass is 16.4. The molecule has 0 aromatic rings. The fourth-order valence-corrected chi connectivity index (χ4v) is 2.71. The third-order valence-electron chi connectivity index (χ3n) is 4.18. The number of nitrogens with one attached hydrogen (secondary N) is 2. The van der Waals surface area contributed by atoms with Crippen LogP contribution in [0.15, 0.2) is 0 Å². The predicted octanol–water partition coefficient (Wildman–Crippen LogP) is 2.76. The molecule has 2 amide bonds. The zero-order chi connectivity index (χ0) is 15.0. The quantitative estimate of drug-likeness (QED) is 0.656. The summed E-state index contributed by atoms with van der Waals surface area (Å²) in [6.07, 6.45) is 6.54. The summed E-state index contributed by atoms with van der Waals surface area (Å²) in [6, 6.07) is 0.105. The lowest BCUT2D eigenvalue weighted by molar-refractivity contribution is -0.138. The summed E-state index contributed by atoms with van der Waals surface area (Å²) in [5, 5.41) is 14.6. The van der Waals surface area contributed by atoms with Crippen LogP contribution in [0.25, 0.3) is 0 Å². The SMILES string of the molecule is CCC(CNC(=O)NC1CCCC(C)CC1)CC(=O)O. The van der Waals surface area contributed by atoms with E-state index in [9.17, 15) is 9.59 Å². The van der Waals surface area contributed by atoms with Crippen molar-refractivity contribution in [2.45, 2.75) is 64.8 Å². The molecule has 0 spiro atoms. The minimum atomic E-state index is -0.809. The lowest BCUT2D eigenvalue weighted by Gasteiger charge is -2.19. The van der Waals surface area contributed by atoms with Crippen LogP contribution in [-0.2, 0) is 4.79 Å². The highest BCUT2D eigenvalue weighted by Gasteiger charge is 2.18. The number of carbonyl (C=O) groups is 2. The summed E-state index contributed by atoms with van der Waals surface area (Å²) in [6.45, 7) is 4.64. The monoisotopic (exact) mass is 284 g/mol. The van der Waals surface area contributed by atoms with Crippen molar-refractivity contribution in [1.29, 1.82) is 0 Å². The Kier molecular flexibility index (Phi) is 7.41. The van der Waals surface area contributed by atoms with Crippen molar-refractivity contribution >= 4 is 12.0 Å². The minimum absolute atomic E-state index is 0.00686. The van der Waals surface area contributed by atoms with E-state index in [0.717, 1.165) is 25.2 Å². The Labute approximate surface area is 121 Å². The van der Waals surface area contributed by atoms with E-state index in [-0.39, 0.29) is 24.4 Å². The van der Waals surface area contributed by atoms with Gasteiger partial charge in [0.15, 0.2) is 0 Å². The molecule has 3 atom stereocenters. The second kappa shape index (κ2) is 8.82. The van der Waals surface area contributed by atoms with Gasteiger partial charge in [-0.1, -0.05) is 33.1 Å². The van der Waals surface area contributed by atoms with E-state index < -0.39 is 5.97 Å². The average Bonchev–Trinajstić information content (AvgIpc) is 2.59. The first-order valence-electron chi connectivity index (χ1n) is 7.77. The molecule has 1 saturated carbocycles. The van der Waals surface area contributed by atoms with E-state index in [1.807, 2.05) is 6.92 Å². The van der Waals surface area contributed by atoms with Gasteiger partial charge in [-0.25, -0.2) is 4.79 Å². The molecule has 0 radical (unpaired) electrons. The van der Waals surface area contributed by atoms with Crippen molar-refractivity contribution in [3.63, 3.8) is 0 Å².